The molecule has 0 fully saturated rings. The molecule has 0 aliphatic heterocycles. The lowest BCUT2D eigenvalue weighted by Crippen LogP contribution is -2.19. The minimum atomic E-state index is -1.24. The highest BCUT2D eigenvalue weighted by Gasteiger charge is 2.06. The van der Waals surface area contributed by atoms with E-state index in [1.807, 2.05) is 0 Å². The second-order valence-electron chi connectivity index (χ2n) is 2.93. The topological polar surface area (TPSA) is 46.2 Å². The van der Waals surface area contributed by atoms with Gasteiger partial charge in [0.05, 0.1) is 10.8 Å². The van der Waals surface area contributed by atoms with Crippen LogP contribution < -0.4 is 5.32 Å². The molecule has 0 aliphatic carbocycles. The van der Waals surface area contributed by atoms with Crippen LogP contribution in [0.1, 0.15) is 6.42 Å². The Hall–Kier alpha value is -1.23. The average Bonchev–Trinajstić information content (AvgIpc) is 2.26. The largest absolute Gasteiger partial charge is 0.359 e. The van der Waals surface area contributed by atoms with Gasteiger partial charge in [-0.1, -0.05) is 0 Å². The quantitative estimate of drug-likeness (QED) is 0.839. The molecule has 0 spiro atoms. The summed E-state index contributed by atoms with van der Waals surface area (Å²) in [5, 5.41) is 2.45. The number of nitrogens with one attached hydrogen (secondary N) is 1. The monoisotopic (exact) mass is 229 g/mol. The second kappa shape index (κ2) is 5.60. The van der Waals surface area contributed by atoms with Crippen molar-refractivity contribution in [2.45, 2.75) is 11.3 Å². The van der Waals surface area contributed by atoms with Crippen LogP contribution in [0.25, 0.3) is 0 Å². The Morgan fingerprint density at radius 1 is 1.40 bits per heavy atom. The van der Waals surface area contributed by atoms with Crippen LogP contribution in [-0.4, -0.2) is 22.9 Å². The predicted octanol–water partition coefficient (Wildman–Crippen LogP) is 1.07. The van der Waals surface area contributed by atoms with Crippen molar-refractivity contribution in [2.24, 2.45) is 0 Å². The third-order valence-electron chi connectivity index (χ3n) is 1.87. The second-order valence-corrected chi connectivity index (χ2v) is 4.50. The van der Waals surface area contributed by atoms with E-state index in [2.05, 4.69) is 5.32 Å². The summed E-state index contributed by atoms with van der Waals surface area (Å²) in [5.74, 6) is -0.252. The van der Waals surface area contributed by atoms with Gasteiger partial charge in [-0.25, -0.2) is 4.39 Å². The van der Waals surface area contributed by atoms with E-state index in [9.17, 15) is 13.4 Å². The molecule has 1 rings (SSSR count). The first-order chi connectivity index (χ1) is 7.13. The van der Waals surface area contributed by atoms with E-state index in [0.717, 1.165) is 0 Å². The fourth-order valence-corrected chi connectivity index (χ4v) is 2.06. The summed E-state index contributed by atoms with van der Waals surface area (Å²) in [6.45, 7) is 0. The molecule has 0 saturated heterocycles. The molecule has 1 aromatic rings. The minimum absolute atomic E-state index is 0.148. The number of hydrogen-bond acceptors (Lipinski definition) is 2. The molecule has 1 unspecified atom stereocenters. The summed E-state index contributed by atoms with van der Waals surface area (Å²) in [4.78, 5) is 11.4. The van der Waals surface area contributed by atoms with Gasteiger partial charge in [-0.05, 0) is 24.3 Å². The van der Waals surface area contributed by atoms with Crippen LogP contribution in [0.15, 0.2) is 29.2 Å². The molecular weight excluding hydrogens is 217 g/mol. The van der Waals surface area contributed by atoms with Crippen molar-refractivity contribution in [3.63, 3.8) is 0 Å². The maximum absolute atomic E-state index is 12.6. The summed E-state index contributed by atoms with van der Waals surface area (Å²) in [6.07, 6.45) is 0.209. The number of hydrogen-bond donors (Lipinski definition) is 1. The molecule has 1 atom stereocenters. The van der Waals surface area contributed by atoms with Crippen molar-refractivity contribution < 1.29 is 13.4 Å². The lowest BCUT2D eigenvalue weighted by molar-refractivity contribution is -0.120. The van der Waals surface area contributed by atoms with Gasteiger partial charge in [-0.3, -0.25) is 9.00 Å². The molecule has 1 N–H and O–H groups in total. The summed E-state index contributed by atoms with van der Waals surface area (Å²) in [5.41, 5.74) is 0. The summed E-state index contributed by atoms with van der Waals surface area (Å²) in [6, 6.07) is 5.45. The molecule has 0 aliphatic rings. The Morgan fingerprint density at radius 2 is 2.00 bits per heavy atom. The number of amides is 1. The van der Waals surface area contributed by atoms with Crippen LogP contribution >= 0.6 is 0 Å². The van der Waals surface area contributed by atoms with E-state index in [1.165, 1.54) is 31.3 Å². The van der Waals surface area contributed by atoms with Crippen molar-refractivity contribution >= 4 is 16.7 Å². The van der Waals surface area contributed by atoms with Gasteiger partial charge in [0.1, 0.15) is 5.82 Å². The molecule has 0 radical (unpaired) electrons. The van der Waals surface area contributed by atoms with Gasteiger partial charge in [0, 0.05) is 24.1 Å². The zero-order valence-electron chi connectivity index (χ0n) is 8.33. The van der Waals surface area contributed by atoms with E-state index in [1.54, 1.807) is 0 Å². The molecule has 5 heteroatoms. The Labute approximate surface area is 90.1 Å². The molecule has 0 saturated carbocycles. The van der Waals surface area contributed by atoms with Crippen molar-refractivity contribution in [2.75, 3.05) is 12.8 Å². The van der Waals surface area contributed by atoms with Crippen molar-refractivity contribution in [1.82, 2.24) is 5.32 Å². The van der Waals surface area contributed by atoms with Crippen LogP contribution in [0.3, 0.4) is 0 Å². The van der Waals surface area contributed by atoms with E-state index in [4.69, 9.17) is 0 Å². The maximum atomic E-state index is 12.6. The zero-order chi connectivity index (χ0) is 11.3. The first-order valence-electron chi connectivity index (χ1n) is 4.48. The van der Waals surface area contributed by atoms with Crippen LogP contribution in [0, 0.1) is 5.82 Å². The van der Waals surface area contributed by atoms with Crippen LogP contribution in [-0.2, 0) is 15.6 Å². The standard InChI is InChI=1S/C10H12FNO2S/c1-12-10(13)6-7-15(14)9-4-2-8(11)3-5-9/h2-5H,6-7H2,1H3,(H,12,13). The normalized spacial score (nSPS) is 12.1. The smallest absolute Gasteiger partial charge is 0.220 e. The van der Waals surface area contributed by atoms with Gasteiger partial charge in [0.2, 0.25) is 5.91 Å². The lowest BCUT2D eigenvalue weighted by atomic mass is 10.4. The number of carbonyl (C=O) groups is 1. The molecule has 0 aromatic heterocycles. The minimum Gasteiger partial charge on any atom is -0.359 e. The van der Waals surface area contributed by atoms with Gasteiger partial charge >= 0.3 is 0 Å². The first-order valence-corrected chi connectivity index (χ1v) is 5.80. The number of rotatable bonds is 4. The van der Waals surface area contributed by atoms with Crippen LogP contribution in [0.4, 0.5) is 4.39 Å². The first kappa shape index (κ1) is 11.8. The maximum Gasteiger partial charge on any atom is 0.220 e. The van der Waals surface area contributed by atoms with Gasteiger partial charge in [-0.15, -0.1) is 0 Å². The fraction of sp³-hybridized carbons (Fsp3) is 0.300. The Bertz CT molecular complexity index is 364. The molecule has 15 heavy (non-hydrogen) atoms. The van der Waals surface area contributed by atoms with E-state index in [-0.39, 0.29) is 23.9 Å². The number of benzene rings is 1. The predicted molar refractivity (Wildman–Crippen MR) is 56.4 cm³/mol. The summed E-state index contributed by atoms with van der Waals surface area (Å²) in [7, 11) is 0.290. The van der Waals surface area contributed by atoms with E-state index in [0.29, 0.717) is 4.90 Å². The molecule has 1 aromatic carbocycles. The van der Waals surface area contributed by atoms with Gasteiger partial charge in [0.25, 0.3) is 0 Å². The van der Waals surface area contributed by atoms with Crippen molar-refractivity contribution in [3.8, 4) is 0 Å². The van der Waals surface area contributed by atoms with E-state index < -0.39 is 10.8 Å². The molecule has 1 amide bonds. The van der Waals surface area contributed by atoms with Gasteiger partial charge in [0.15, 0.2) is 0 Å². The molecule has 82 valence electrons. The van der Waals surface area contributed by atoms with Gasteiger partial charge in [-0.2, -0.15) is 0 Å². The zero-order valence-corrected chi connectivity index (χ0v) is 9.14. The average molecular weight is 229 g/mol. The lowest BCUT2D eigenvalue weighted by Gasteiger charge is -2.01. The molecular formula is C10H12FNO2S. The fourth-order valence-electron chi connectivity index (χ4n) is 1.01. The molecule has 3 nitrogen and oxygen atoms in total. The van der Waals surface area contributed by atoms with Gasteiger partial charge < -0.3 is 5.32 Å². The van der Waals surface area contributed by atoms with E-state index >= 15 is 0 Å². The van der Waals surface area contributed by atoms with Crippen molar-refractivity contribution in [3.05, 3.63) is 30.1 Å². The highest BCUT2D eigenvalue weighted by molar-refractivity contribution is 7.85. The van der Waals surface area contributed by atoms with Crippen LogP contribution in [0.5, 0.6) is 0 Å². The van der Waals surface area contributed by atoms with Crippen LogP contribution in [0.2, 0.25) is 0 Å². The highest BCUT2D eigenvalue weighted by Crippen LogP contribution is 2.08. The molecule has 0 heterocycles. The number of halogens is 1. The Morgan fingerprint density at radius 3 is 2.53 bits per heavy atom. The Balaban J connectivity index is 2.54. The third kappa shape index (κ3) is 3.79. The SMILES string of the molecule is CNC(=O)CCS(=O)c1ccc(F)cc1. The Kier molecular flexibility index (Phi) is 4.42. The third-order valence-corrected chi connectivity index (χ3v) is 3.24. The summed E-state index contributed by atoms with van der Waals surface area (Å²) >= 11 is 0. The summed E-state index contributed by atoms with van der Waals surface area (Å²) < 4.78 is 24.1. The van der Waals surface area contributed by atoms with Crippen molar-refractivity contribution in [1.29, 1.82) is 0 Å². The number of carbonyl (C=O) groups excluding carboxylic acids is 1. The highest BCUT2D eigenvalue weighted by atomic mass is 32.2. The molecule has 0 bridgehead atoms.